The number of hydrogen-bond acceptors (Lipinski definition) is 4. The first-order valence-electron chi connectivity index (χ1n) is 10.3. The SMILES string of the molecule is CCCCC(C)C[C@H](CC)C[C@@]1(C)C[C@H](CC)[C@@H](CC(=O)OC)OO1. The average Bonchev–Trinajstić information content (AvgIpc) is 2.60. The van der Waals surface area contributed by atoms with E-state index in [2.05, 4.69) is 34.6 Å². The number of esters is 1. The van der Waals surface area contributed by atoms with Crippen molar-refractivity contribution in [1.29, 1.82) is 0 Å². The van der Waals surface area contributed by atoms with E-state index in [4.69, 9.17) is 14.5 Å². The molecule has 1 fully saturated rings. The van der Waals surface area contributed by atoms with Crippen molar-refractivity contribution in [3.8, 4) is 0 Å². The molecular formula is C21H40O4. The molecule has 0 amide bonds. The lowest BCUT2D eigenvalue weighted by molar-refractivity contribution is -0.419. The van der Waals surface area contributed by atoms with Crippen LogP contribution in [-0.2, 0) is 19.3 Å². The molecule has 1 aliphatic rings. The minimum Gasteiger partial charge on any atom is -0.469 e. The Balaban J connectivity index is 2.60. The van der Waals surface area contributed by atoms with E-state index in [0.717, 1.165) is 25.2 Å². The van der Waals surface area contributed by atoms with Gasteiger partial charge in [-0.1, -0.05) is 59.8 Å². The third-order valence-corrected chi connectivity index (χ3v) is 5.80. The van der Waals surface area contributed by atoms with Crippen LogP contribution in [0.15, 0.2) is 0 Å². The predicted octanol–water partition coefficient (Wildman–Crippen LogP) is 5.69. The van der Waals surface area contributed by atoms with Gasteiger partial charge >= 0.3 is 5.97 Å². The Morgan fingerprint density at radius 2 is 2.04 bits per heavy atom. The van der Waals surface area contributed by atoms with Crippen LogP contribution >= 0.6 is 0 Å². The summed E-state index contributed by atoms with van der Waals surface area (Å²) in [6, 6.07) is 0. The van der Waals surface area contributed by atoms with Crippen LogP contribution in [-0.4, -0.2) is 24.8 Å². The smallest absolute Gasteiger partial charge is 0.308 e. The molecule has 0 saturated carbocycles. The predicted molar refractivity (Wildman–Crippen MR) is 101 cm³/mol. The molecular weight excluding hydrogens is 316 g/mol. The maximum absolute atomic E-state index is 11.6. The highest BCUT2D eigenvalue weighted by Crippen LogP contribution is 2.40. The van der Waals surface area contributed by atoms with Gasteiger partial charge in [-0.25, -0.2) is 9.78 Å². The van der Waals surface area contributed by atoms with E-state index in [1.165, 1.54) is 39.2 Å². The van der Waals surface area contributed by atoms with Crippen molar-refractivity contribution in [1.82, 2.24) is 0 Å². The second kappa shape index (κ2) is 11.2. The molecule has 0 N–H and O–H groups in total. The third-order valence-electron chi connectivity index (χ3n) is 5.80. The van der Waals surface area contributed by atoms with Gasteiger partial charge in [0.1, 0.15) is 11.7 Å². The fourth-order valence-corrected chi connectivity index (χ4v) is 4.19. The van der Waals surface area contributed by atoms with Crippen LogP contribution in [0.5, 0.6) is 0 Å². The fourth-order valence-electron chi connectivity index (χ4n) is 4.19. The summed E-state index contributed by atoms with van der Waals surface area (Å²) in [7, 11) is 1.42. The van der Waals surface area contributed by atoms with Crippen LogP contribution in [0.4, 0.5) is 0 Å². The van der Waals surface area contributed by atoms with Crippen LogP contribution in [0.3, 0.4) is 0 Å². The van der Waals surface area contributed by atoms with Crippen LogP contribution < -0.4 is 0 Å². The second-order valence-corrected chi connectivity index (χ2v) is 8.28. The van der Waals surface area contributed by atoms with E-state index >= 15 is 0 Å². The molecule has 0 bridgehead atoms. The van der Waals surface area contributed by atoms with E-state index in [1.807, 2.05) is 0 Å². The molecule has 1 heterocycles. The van der Waals surface area contributed by atoms with Gasteiger partial charge in [-0.2, -0.15) is 0 Å². The van der Waals surface area contributed by atoms with Gasteiger partial charge < -0.3 is 4.74 Å². The van der Waals surface area contributed by atoms with Gasteiger partial charge in [0.25, 0.3) is 0 Å². The first kappa shape index (κ1) is 22.4. The van der Waals surface area contributed by atoms with E-state index in [0.29, 0.717) is 11.8 Å². The van der Waals surface area contributed by atoms with Crippen LogP contribution in [0, 0.1) is 17.8 Å². The van der Waals surface area contributed by atoms with Crippen molar-refractivity contribution in [2.24, 2.45) is 17.8 Å². The van der Waals surface area contributed by atoms with Crippen molar-refractivity contribution < 1.29 is 19.3 Å². The molecule has 0 aliphatic carbocycles. The first-order chi connectivity index (χ1) is 11.9. The van der Waals surface area contributed by atoms with Gasteiger partial charge in [0.05, 0.1) is 13.5 Å². The number of unbranched alkanes of at least 4 members (excludes halogenated alkanes) is 1. The summed E-state index contributed by atoms with van der Waals surface area (Å²) < 4.78 is 4.78. The summed E-state index contributed by atoms with van der Waals surface area (Å²) in [5.41, 5.74) is -0.252. The fraction of sp³-hybridized carbons (Fsp3) is 0.952. The zero-order valence-electron chi connectivity index (χ0n) is 17.3. The summed E-state index contributed by atoms with van der Waals surface area (Å²) in [6.07, 6.45) is 9.41. The quantitative estimate of drug-likeness (QED) is 0.352. The molecule has 1 saturated heterocycles. The summed E-state index contributed by atoms with van der Waals surface area (Å²) >= 11 is 0. The minimum atomic E-state index is -0.252. The topological polar surface area (TPSA) is 44.8 Å². The second-order valence-electron chi connectivity index (χ2n) is 8.28. The molecule has 25 heavy (non-hydrogen) atoms. The average molecular weight is 357 g/mol. The molecule has 0 aromatic carbocycles. The summed E-state index contributed by atoms with van der Waals surface area (Å²) in [5, 5.41) is 0. The maximum atomic E-state index is 11.6. The molecule has 0 aromatic rings. The van der Waals surface area contributed by atoms with E-state index in [-0.39, 0.29) is 24.1 Å². The van der Waals surface area contributed by atoms with Gasteiger partial charge in [-0.15, -0.1) is 0 Å². The molecule has 1 aliphatic heterocycles. The molecule has 4 nitrogen and oxygen atoms in total. The van der Waals surface area contributed by atoms with E-state index in [1.54, 1.807) is 0 Å². The highest BCUT2D eigenvalue weighted by Gasteiger charge is 2.41. The van der Waals surface area contributed by atoms with Gasteiger partial charge in [-0.05, 0) is 43.9 Å². The number of carbonyl (C=O) groups excluding carboxylic acids is 1. The Labute approximate surface area is 154 Å². The van der Waals surface area contributed by atoms with Gasteiger partial charge in [0.2, 0.25) is 0 Å². The largest absolute Gasteiger partial charge is 0.469 e. The molecule has 0 aromatic heterocycles. The van der Waals surface area contributed by atoms with Crippen molar-refractivity contribution in [3.05, 3.63) is 0 Å². The Hall–Kier alpha value is -0.610. The van der Waals surface area contributed by atoms with Gasteiger partial charge in [0.15, 0.2) is 0 Å². The minimum absolute atomic E-state index is 0.186. The molecule has 0 spiro atoms. The number of carbonyl (C=O) groups is 1. The van der Waals surface area contributed by atoms with E-state index < -0.39 is 0 Å². The Bertz CT molecular complexity index is 384. The molecule has 1 unspecified atom stereocenters. The number of rotatable bonds is 11. The number of methoxy groups -OCH3 is 1. The normalized spacial score (nSPS) is 29.2. The van der Waals surface area contributed by atoms with Crippen molar-refractivity contribution >= 4 is 5.97 Å². The Kier molecular flexibility index (Phi) is 10.0. The van der Waals surface area contributed by atoms with E-state index in [9.17, 15) is 4.79 Å². The lowest BCUT2D eigenvalue weighted by Gasteiger charge is -2.42. The maximum Gasteiger partial charge on any atom is 0.308 e. The van der Waals surface area contributed by atoms with Crippen LogP contribution in [0.25, 0.3) is 0 Å². The third kappa shape index (κ3) is 7.65. The zero-order valence-corrected chi connectivity index (χ0v) is 17.3. The number of hydrogen-bond donors (Lipinski definition) is 0. The van der Waals surface area contributed by atoms with Crippen molar-refractivity contribution in [3.63, 3.8) is 0 Å². The summed E-state index contributed by atoms with van der Waals surface area (Å²) in [5.74, 6) is 1.54. The zero-order chi connectivity index (χ0) is 18.9. The summed E-state index contributed by atoms with van der Waals surface area (Å²) in [4.78, 5) is 23.1. The highest BCUT2D eigenvalue weighted by atomic mass is 17.2. The highest BCUT2D eigenvalue weighted by molar-refractivity contribution is 5.69. The lowest BCUT2D eigenvalue weighted by atomic mass is 9.77. The lowest BCUT2D eigenvalue weighted by Crippen LogP contribution is -2.45. The first-order valence-corrected chi connectivity index (χ1v) is 10.3. The Morgan fingerprint density at radius 3 is 2.60 bits per heavy atom. The molecule has 5 atom stereocenters. The molecule has 148 valence electrons. The standard InChI is InChI=1S/C21H40O4/c1-7-10-11-16(4)12-17(8-2)14-21(5)15-18(9-3)19(24-25-21)13-20(22)23-6/h16-19H,7-15H2,1-6H3/t16?,17-,18-,19+,21-/m0/s1. The van der Waals surface area contributed by atoms with Gasteiger partial charge in [-0.3, -0.25) is 4.79 Å². The molecule has 1 rings (SSSR count). The summed E-state index contributed by atoms with van der Waals surface area (Å²) in [6.45, 7) is 11.2. The molecule has 4 heteroatoms. The molecule has 0 radical (unpaired) electrons. The van der Waals surface area contributed by atoms with Crippen LogP contribution in [0.2, 0.25) is 0 Å². The van der Waals surface area contributed by atoms with Crippen molar-refractivity contribution in [2.75, 3.05) is 7.11 Å². The van der Waals surface area contributed by atoms with Crippen LogP contribution in [0.1, 0.15) is 92.4 Å². The van der Waals surface area contributed by atoms with Gasteiger partial charge in [0, 0.05) is 0 Å². The monoisotopic (exact) mass is 356 g/mol. The number of ether oxygens (including phenoxy) is 1. The Morgan fingerprint density at radius 1 is 1.32 bits per heavy atom. The van der Waals surface area contributed by atoms with Crippen molar-refractivity contribution in [2.45, 2.75) is 104 Å².